The Morgan fingerprint density at radius 3 is 2.82 bits per heavy atom. The van der Waals surface area contributed by atoms with E-state index in [0.717, 1.165) is 23.4 Å². The van der Waals surface area contributed by atoms with Crippen molar-refractivity contribution in [2.24, 2.45) is 5.73 Å². The maximum atomic E-state index is 6.20. The third-order valence-corrected chi connectivity index (χ3v) is 2.87. The molecule has 0 saturated heterocycles. The molecule has 0 aliphatic rings. The first-order valence-electron chi connectivity index (χ1n) is 5.82. The molecule has 0 fully saturated rings. The Labute approximate surface area is 108 Å². The first kappa shape index (κ1) is 14.2. The number of hydrogen-bond donors (Lipinski definition) is 1. The minimum Gasteiger partial charge on any atom is -0.380 e. The fourth-order valence-corrected chi connectivity index (χ4v) is 1.96. The van der Waals surface area contributed by atoms with Crippen molar-refractivity contribution in [2.45, 2.75) is 19.8 Å². The molecule has 0 atom stereocenters. The summed E-state index contributed by atoms with van der Waals surface area (Å²) in [6.45, 7) is 3.36. The number of rotatable bonds is 6. The fraction of sp³-hybridized carbons (Fsp3) is 0.429. The van der Waals surface area contributed by atoms with Crippen LogP contribution in [-0.4, -0.2) is 20.3 Å². The zero-order chi connectivity index (χ0) is 12.7. The Hall–Kier alpha value is -0.830. The lowest BCUT2D eigenvalue weighted by Crippen LogP contribution is -2.02. The van der Waals surface area contributed by atoms with Crippen molar-refractivity contribution >= 4 is 17.7 Å². The van der Waals surface area contributed by atoms with E-state index in [1.54, 1.807) is 7.11 Å². The van der Waals surface area contributed by atoms with Gasteiger partial charge in [-0.2, -0.15) is 0 Å². The van der Waals surface area contributed by atoms with Gasteiger partial charge in [0.05, 0.1) is 6.61 Å². The van der Waals surface area contributed by atoms with Crippen molar-refractivity contribution < 1.29 is 4.74 Å². The van der Waals surface area contributed by atoms with Crippen LogP contribution in [0.25, 0.3) is 6.08 Å². The predicted molar refractivity (Wildman–Crippen MR) is 74.3 cm³/mol. The SMILES string of the molecule is COC/C(=C/c1ccc(C)cc1Cl)CCCN. The first-order chi connectivity index (χ1) is 8.17. The van der Waals surface area contributed by atoms with Crippen molar-refractivity contribution in [1.29, 1.82) is 0 Å². The van der Waals surface area contributed by atoms with Gasteiger partial charge in [-0.05, 0) is 49.1 Å². The third-order valence-electron chi connectivity index (χ3n) is 2.55. The van der Waals surface area contributed by atoms with E-state index in [1.807, 2.05) is 19.1 Å². The maximum Gasteiger partial charge on any atom is 0.0676 e. The van der Waals surface area contributed by atoms with Gasteiger partial charge >= 0.3 is 0 Å². The lowest BCUT2D eigenvalue weighted by molar-refractivity contribution is 0.223. The molecular formula is C14H20ClNO. The molecule has 0 saturated carbocycles. The molecule has 0 amide bonds. The molecule has 0 unspecified atom stereocenters. The van der Waals surface area contributed by atoms with E-state index in [-0.39, 0.29) is 0 Å². The molecule has 0 bridgehead atoms. The van der Waals surface area contributed by atoms with E-state index in [9.17, 15) is 0 Å². The van der Waals surface area contributed by atoms with Crippen LogP contribution in [0.2, 0.25) is 5.02 Å². The molecular weight excluding hydrogens is 234 g/mol. The summed E-state index contributed by atoms with van der Waals surface area (Å²) in [6.07, 6.45) is 4.02. The van der Waals surface area contributed by atoms with Gasteiger partial charge in [0.25, 0.3) is 0 Å². The van der Waals surface area contributed by atoms with Crippen molar-refractivity contribution in [3.63, 3.8) is 0 Å². The van der Waals surface area contributed by atoms with Crippen molar-refractivity contribution in [2.75, 3.05) is 20.3 Å². The second kappa shape index (κ2) is 7.49. The second-order valence-electron chi connectivity index (χ2n) is 4.15. The molecule has 1 rings (SSSR count). The fourth-order valence-electron chi connectivity index (χ4n) is 1.67. The predicted octanol–water partition coefficient (Wildman–Crippen LogP) is 3.42. The summed E-state index contributed by atoms with van der Waals surface area (Å²) < 4.78 is 5.18. The molecule has 0 aliphatic heterocycles. The molecule has 0 spiro atoms. The van der Waals surface area contributed by atoms with Crippen LogP contribution >= 0.6 is 11.6 Å². The van der Waals surface area contributed by atoms with E-state index in [2.05, 4.69) is 12.1 Å². The number of halogens is 1. The van der Waals surface area contributed by atoms with Crippen LogP contribution in [0.15, 0.2) is 23.8 Å². The van der Waals surface area contributed by atoms with Gasteiger partial charge in [-0.25, -0.2) is 0 Å². The van der Waals surface area contributed by atoms with Crippen molar-refractivity contribution in [1.82, 2.24) is 0 Å². The normalized spacial score (nSPS) is 11.9. The van der Waals surface area contributed by atoms with Gasteiger partial charge in [-0.1, -0.05) is 29.8 Å². The summed E-state index contributed by atoms with van der Waals surface area (Å²) in [5.74, 6) is 0. The zero-order valence-corrected chi connectivity index (χ0v) is 11.3. The number of hydrogen-bond acceptors (Lipinski definition) is 2. The van der Waals surface area contributed by atoms with E-state index < -0.39 is 0 Å². The number of methoxy groups -OCH3 is 1. The lowest BCUT2D eigenvalue weighted by Gasteiger charge is -2.07. The number of nitrogens with two attached hydrogens (primary N) is 1. The Morgan fingerprint density at radius 2 is 2.24 bits per heavy atom. The van der Waals surface area contributed by atoms with Crippen LogP contribution in [0.1, 0.15) is 24.0 Å². The standard InChI is InChI=1S/C14H20ClNO/c1-11-5-6-13(14(15)8-11)9-12(10-17-2)4-3-7-16/h5-6,8-9H,3-4,7,10,16H2,1-2H3/b12-9+. The summed E-state index contributed by atoms with van der Waals surface area (Å²) >= 11 is 6.20. The van der Waals surface area contributed by atoms with Crippen LogP contribution in [0, 0.1) is 6.92 Å². The minimum atomic E-state index is 0.629. The molecule has 1 aromatic carbocycles. The smallest absolute Gasteiger partial charge is 0.0676 e. The number of ether oxygens (including phenoxy) is 1. The summed E-state index contributed by atoms with van der Waals surface area (Å²) in [4.78, 5) is 0. The average Bonchev–Trinajstić information content (AvgIpc) is 2.29. The maximum absolute atomic E-state index is 6.20. The van der Waals surface area contributed by atoms with Gasteiger partial charge in [0.1, 0.15) is 0 Å². The first-order valence-corrected chi connectivity index (χ1v) is 6.19. The molecule has 2 nitrogen and oxygen atoms in total. The van der Waals surface area contributed by atoms with Crippen LogP contribution in [0.5, 0.6) is 0 Å². The Morgan fingerprint density at radius 1 is 1.47 bits per heavy atom. The van der Waals surface area contributed by atoms with E-state index in [1.165, 1.54) is 11.1 Å². The van der Waals surface area contributed by atoms with Crippen LogP contribution in [-0.2, 0) is 4.74 Å². The highest BCUT2D eigenvalue weighted by atomic mass is 35.5. The topological polar surface area (TPSA) is 35.2 Å². The summed E-state index contributed by atoms with van der Waals surface area (Å²) in [5.41, 5.74) is 8.96. The Kier molecular flexibility index (Phi) is 6.27. The summed E-state index contributed by atoms with van der Waals surface area (Å²) in [6, 6.07) is 6.07. The Bertz CT molecular complexity index is 388. The highest BCUT2D eigenvalue weighted by Gasteiger charge is 2.01. The largest absolute Gasteiger partial charge is 0.380 e. The highest BCUT2D eigenvalue weighted by Crippen LogP contribution is 2.21. The highest BCUT2D eigenvalue weighted by molar-refractivity contribution is 6.32. The molecule has 0 radical (unpaired) electrons. The molecule has 94 valence electrons. The van der Waals surface area contributed by atoms with E-state index >= 15 is 0 Å². The molecule has 3 heteroatoms. The number of aryl methyl sites for hydroxylation is 1. The lowest BCUT2D eigenvalue weighted by atomic mass is 10.1. The summed E-state index contributed by atoms with van der Waals surface area (Å²) in [7, 11) is 1.70. The van der Waals surface area contributed by atoms with Gasteiger partial charge < -0.3 is 10.5 Å². The van der Waals surface area contributed by atoms with Gasteiger partial charge in [-0.15, -0.1) is 0 Å². The molecule has 2 N–H and O–H groups in total. The average molecular weight is 254 g/mol. The van der Waals surface area contributed by atoms with Gasteiger partial charge in [-0.3, -0.25) is 0 Å². The summed E-state index contributed by atoms with van der Waals surface area (Å²) in [5, 5.41) is 0.784. The van der Waals surface area contributed by atoms with Crippen LogP contribution < -0.4 is 5.73 Å². The molecule has 0 heterocycles. The van der Waals surface area contributed by atoms with Gasteiger partial charge in [0, 0.05) is 12.1 Å². The Balaban J connectivity index is 2.87. The van der Waals surface area contributed by atoms with Crippen LogP contribution in [0.4, 0.5) is 0 Å². The zero-order valence-electron chi connectivity index (χ0n) is 10.5. The molecule has 0 aliphatic carbocycles. The minimum absolute atomic E-state index is 0.629. The second-order valence-corrected chi connectivity index (χ2v) is 4.56. The molecule has 0 aromatic heterocycles. The molecule has 17 heavy (non-hydrogen) atoms. The third kappa shape index (κ3) is 4.90. The van der Waals surface area contributed by atoms with Crippen molar-refractivity contribution in [3.05, 3.63) is 39.9 Å². The van der Waals surface area contributed by atoms with E-state index in [0.29, 0.717) is 13.2 Å². The van der Waals surface area contributed by atoms with Gasteiger partial charge in [0.15, 0.2) is 0 Å². The van der Waals surface area contributed by atoms with E-state index in [4.69, 9.17) is 22.1 Å². The molecule has 1 aromatic rings. The van der Waals surface area contributed by atoms with Crippen molar-refractivity contribution in [3.8, 4) is 0 Å². The van der Waals surface area contributed by atoms with Gasteiger partial charge in [0.2, 0.25) is 0 Å². The van der Waals surface area contributed by atoms with Crippen LogP contribution in [0.3, 0.4) is 0 Å². The number of benzene rings is 1. The quantitative estimate of drug-likeness (QED) is 0.843. The monoisotopic (exact) mass is 253 g/mol.